The fraction of sp³-hybridized carbons (Fsp3) is 0.231. The Morgan fingerprint density at radius 2 is 1.94 bits per heavy atom. The standard InChI is InChI=1S/C26H24ClN3S/c27-20-8-9-23-21(16-20)22(17-28-23)18-10-14-29(15-11-18)12-3-13-30-24-6-1-4-19-5-2-7-25(31-30)26(19)24/h1-2,4-10,16-17,28H,3,11-15H2. The number of aromatic amines is 1. The maximum Gasteiger partial charge on any atom is 0.0563 e. The maximum absolute atomic E-state index is 6.23. The Kier molecular flexibility index (Phi) is 4.94. The van der Waals surface area contributed by atoms with Gasteiger partial charge in [0, 0.05) is 64.1 Å². The third-order valence-electron chi connectivity index (χ3n) is 6.44. The minimum atomic E-state index is 0.795. The maximum atomic E-state index is 6.23. The van der Waals surface area contributed by atoms with E-state index in [0.717, 1.165) is 43.1 Å². The van der Waals surface area contributed by atoms with Crippen LogP contribution in [0.3, 0.4) is 0 Å². The van der Waals surface area contributed by atoms with Crippen LogP contribution in [0.2, 0.25) is 5.02 Å². The molecule has 0 saturated heterocycles. The van der Waals surface area contributed by atoms with Gasteiger partial charge in [0.05, 0.1) is 5.69 Å². The molecule has 0 spiro atoms. The molecule has 4 aromatic rings. The highest BCUT2D eigenvalue weighted by molar-refractivity contribution is 8.01. The van der Waals surface area contributed by atoms with Crippen molar-refractivity contribution in [2.45, 2.75) is 17.7 Å². The average Bonchev–Trinajstić information content (AvgIpc) is 3.37. The van der Waals surface area contributed by atoms with Crippen molar-refractivity contribution in [2.24, 2.45) is 0 Å². The number of H-pyrrole nitrogens is 1. The first-order valence-corrected chi connectivity index (χ1v) is 12.1. The Balaban J connectivity index is 1.09. The van der Waals surface area contributed by atoms with Gasteiger partial charge in [-0.15, -0.1) is 0 Å². The topological polar surface area (TPSA) is 22.3 Å². The molecule has 2 aliphatic heterocycles. The molecule has 31 heavy (non-hydrogen) atoms. The van der Waals surface area contributed by atoms with Crippen LogP contribution < -0.4 is 4.31 Å². The summed E-state index contributed by atoms with van der Waals surface area (Å²) in [5.74, 6) is 0. The summed E-state index contributed by atoms with van der Waals surface area (Å²) in [5.41, 5.74) is 5.26. The summed E-state index contributed by atoms with van der Waals surface area (Å²) in [7, 11) is 0. The molecule has 3 aromatic carbocycles. The van der Waals surface area contributed by atoms with E-state index in [0.29, 0.717) is 0 Å². The molecular formula is C26H24ClN3S. The van der Waals surface area contributed by atoms with E-state index in [1.807, 2.05) is 18.0 Å². The van der Waals surface area contributed by atoms with Crippen molar-refractivity contribution in [1.29, 1.82) is 0 Å². The lowest BCUT2D eigenvalue weighted by Crippen LogP contribution is -2.31. The van der Waals surface area contributed by atoms with Crippen LogP contribution in [-0.4, -0.2) is 36.1 Å². The second-order valence-electron chi connectivity index (χ2n) is 8.35. The number of halogens is 1. The van der Waals surface area contributed by atoms with E-state index in [4.69, 9.17) is 11.6 Å². The molecule has 0 saturated carbocycles. The minimum absolute atomic E-state index is 0.795. The molecule has 6 rings (SSSR count). The van der Waals surface area contributed by atoms with Gasteiger partial charge in [-0.05, 0) is 66.1 Å². The number of fused-ring (bicyclic) bond motifs is 1. The zero-order chi connectivity index (χ0) is 20.8. The minimum Gasteiger partial charge on any atom is -0.361 e. The van der Waals surface area contributed by atoms with Crippen LogP contribution in [0.1, 0.15) is 18.4 Å². The molecule has 3 nitrogen and oxygen atoms in total. The SMILES string of the molecule is Clc1ccc2[nH]cc(C3=CCN(CCCN4Sc5cccc6cccc4c56)CC3)c2c1. The first kappa shape index (κ1) is 19.3. The molecule has 2 aliphatic rings. The van der Waals surface area contributed by atoms with Gasteiger partial charge in [0.1, 0.15) is 0 Å². The Morgan fingerprint density at radius 1 is 1.03 bits per heavy atom. The van der Waals surface area contributed by atoms with E-state index in [1.165, 1.54) is 44.3 Å². The summed E-state index contributed by atoms with van der Waals surface area (Å²) < 4.78 is 2.47. The zero-order valence-corrected chi connectivity index (χ0v) is 18.8. The molecule has 0 radical (unpaired) electrons. The summed E-state index contributed by atoms with van der Waals surface area (Å²) in [5, 5.41) is 4.78. The number of hydrogen-bond donors (Lipinski definition) is 1. The summed E-state index contributed by atoms with van der Waals surface area (Å²) in [6.07, 6.45) is 6.78. The summed E-state index contributed by atoms with van der Waals surface area (Å²) >= 11 is 8.12. The van der Waals surface area contributed by atoms with Gasteiger partial charge in [-0.1, -0.05) is 41.9 Å². The quantitative estimate of drug-likeness (QED) is 0.335. The summed E-state index contributed by atoms with van der Waals surface area (Å²) in [6, 6.07) is 19.3. The van der Waals surface area contributed by atoms with Gasteiger partial charge in [0.25, 0.3) is 0 Å². The van der Waals surface area contributed by atoms with Crippen molar-refractivity contribution < 1.29 is 0 Å². The second-order valence-corrected chi connectivity index (χ2v) is 9.85. The highest BCUT2D eigenvalue weighted by Crippen LogP contribution is 2.45. The van der Waals surface area contributed by atoms with E-state index < -0.39 is 0 Å². The molecule has 1 aromatic heterocycles. The van der Waals surface area contributed by atoms with Crippen molar-refractivity contribution in [2.75, 3.05) is 30.5 Å². The fourth-order valence-electron chi connectivity index (χ4n) is 4.86. The summed E-state index contributed by atoms with van der Waals surface area (Å²) in [4.78, 5) is 7.34. The molecule has 5 heteroatoms. The predicted octanol–water partition coefficient (Wildman–Crippen LogP) is 6.98. The average molecular weight is 446 g/mol. The van der Waals surface area contributed by atoms with E-state index >= 15 is 0 Å². The molecule has 0 fully saturated rings. The first-order chi connectivity index (χ1) is 15.3. The van der Waals surface area contributed by atoms with E-state index in [9.17, 15) is 0 Å². The Labute approximate surface area is 191 Å². The van der Waals surface area contributed by atoms with Gasteiger partial charge < -0.3 is 9.29 Å². The van der Waals surface area contributed by atoms with E-state index in [2.05, 4.69) is 75.0 Å². The fourth-order valence-corrected chi connectivity index (χ4v) is 6.19. The molecule has 0 atom stereocenters. The van der Waals surface area contributed by atoms with Crippen LogP contribution >= 0.6 is 23.5 Å². The van der Waals surface area contributed by atoms with E-state index in [1.54, 1.807) is 0 Å². The Hall–Kier alpha value is -2.40. The third kappa shape index (κ3) is 3.53. The van der Waals surface area contributed by atoms with Crippen LogP contribution in [0, 0.1) is 0 Å². The lowest BCUT2D eigenvalue weighted by molar-refractivity contribution is 0.300. The highest BCUT2D eigenvalue weighted by atomic mass is 35.5. The van der Waals surface area contributed by atoms with Gasteiger partial charge in [0.15, 0.2) is 0 Å². The summed E-state index contributed by atoms with van der Waals surface area (Å²) in [6.45, 7) is 4.34. The lowest BCUT2D eigenvalue weighted by atomic mass is 9.99. The molecular weight excluding hydrogens is 422 g/mol. The van der Waals surface area contributed by atoms with Crippen molar-refractivity contribution in [1.82, 2.24) is 9.88 Å². The number of aromatic nitrogens is 1. The number of benzene rings is 3. The Bertz CT molecular complexity index is 1300. The molecule has 0 bridgehead atoms. The van der Waals surface area contributed by atoms with Crippen LogP contribution in [0.4, 0.5) is 5.69 Å². The van der Waals surface area contributed by atoms with Gasteiger partial charge in [-0.25, -0.2) is 0 Å². The van der Waals surface area contributed by atoms with Crippen molar-refractivity contribution >= 4 is 56.5 Å². The monoisotopic (exact) mass is 445 g/mol. The van der Waals surface area contributed by atoms with Crippen LogP contribution in [0.15, 0.2) is 71.8 Å². The first-order valence-electron chi connectivity index (χ1n) is 10.9. The number of anilines is 1. The molecule has 3 heterocycles. The second kappa shape index (κ2) is 7.94. The molecule has 0 unspecified atom stereocenters. The zero-order valence-electron chi connectivity index (χ0n) is 17.3. The molecule has 156 valence electrons. The normalized spacial score (nSPS) is 16.4. The van der Waals surface area contributed by atoms with Crippen LogP contribution in [0.25, 0.3) is 27.2 Å². The van der Waals surface area contributed by atoms with Crippen molar-refractivity contribution in [3.8, 4) is 0 Å². The van der Waals surface area contributed by atoms with Crippen LogP contribution in [0.5, 0.6) is 0 Å². The Morgan fingerprint density at radius 3 is 2.81 bits per heavy atom. The van der Waals surface area contributed by atoms with Gasteiger partial charge in [-0.3, -0.25) is 4.90 Å². The molecule has 1 N–H and O–H groups in total. The molecule has 0 aliphatic carbocycles. The highest BCUT2D eigenvalue weighted by Gasteiger charge is 2.22. The van der Waals surface area contributed by atoms with Crippen molar-refractivity contribution in [3.63, 3.8) is 0 Å². The third-order valence-corrected chi connectivity index (χ3v) is 7.81. The largest absolute Gasteiger partial charge is 0.361 e. The lowest BCUT2D eigenvalue weighted by Gasteiger charge is -2.27. The molecule has 0 amide bonds. The van der Waals surface area contributed by atoms with E-state index in [-0.39, 0.29) is 0 Å². The number of nitrogens with zero attached hydrogens (tertiary/aromatic N) is 2. The van der Waals surface area contributed by atoms with Crippen molar-refractivity contribution in [3.05, 3.63) is 77.5 Å². The number of hydrogen-bond acceptors (Lipinski definition) is 3. The van der Waals surface area contributed by atoms with Crippen LogP contribution in [-0.2, 0) is 0 Å². The van der Waals surface area contributed by atoms with Gasteiger partial charge in [-0.2, -0.15) is 0 Å². The number of rotatable bonds is 5. The predicted molar refractivity (Wildman–Crippen MR) is 134 cm³/mol. The van der Waals surface area contributed by atoms with Gasteiger partial charge in [0.2, 0.25) is 0 Å². The van der Waals surface area contributed by atoms with Gasteiger partial charge >= 0.3 is 0 Å². The number of nitrogens with one attached hydrogen (secondary N) is 1. The smallest absolute Gasteiger partial charge is 0.0563 e.